The lowest BCUT2D eigenvalue weighted by atomic mass is 9.65. The normalized spacial score (nSPS) is 26.4. The highest BCUT2D eigenvalue weighted by molar-refractivity contribution is 5.85. The molecule has 0 aromatic carbocycles. The maximum Gasteiger partial charge on any atom is 0.422 e. The number of hydrogen-bond donors (Lipinski definition) is 2. The minimum absolute atomic E-state index is 0. The van der Waals surface area contributed by atoms with Crippen molar-refractivity contribution in [1.29, 1.82) is 0 Å². The summed E-state index contributed by atoms with van der Waals surface area (Å²) >= 11 is 0. The largest absolute Gasteiger partial charge is 0.468 e. The van der Waals surface area contributed by atoms with Crippen molar-refractivity contribution in [2.75, 3.05) is 6.61 Å². The second-order valence-electron chi connectivity index (χ2n) is 7.32. The van der Waals surface area contributed by atoms with Crippen LogP contribution in [0.1, 0.15) is 37.7 Å². The summed E-state index contributed by atoms with van der Waals surface area (Å²) < 4.78 is 41.3. The highest BCUT2D eigenvalue weighted by atomic mass is 35.5. The van der Waals surface area contributed by atoms with Crippen LogP contribution in [0.15, 0.2) is 18.3 Å². The molecule has 5 nitrogen and oxygen atoms in total. The molecule has 160 valence electrons. The molecular weight excluding hydrogens is 418 g/mol. The minimum atomic E-state index is -4.41. The average Bonchev–Trinajstić information content (AvgIpc) is 2.57. The van der Waals surface area contributed by atoms with Gasteiger partial charge in [-0.15, -0.1) is 24.8 Å². The van der Waals surface area contributed by atoms with Gasteiger partial charge in [0.15, 0.2) is 6.61 Å². The number of fused-ring (bicyclic) bond motifs is 2. The smallest absolute Gasteiger partial charge is 0.422 e. The SMILES string of the molecule is Cl.Cl.NC1C2CCCC1CC(C(=O)NCc1ccnc(OCC(F)(F)F)c1)C2. The lowest BCUT2D eigenvalue weighted by molar-refractivity contribution is -0.154. The third kappa shape index (κ3) is 6.67. The Morgan fingerprint density at radius 1 is 1.25 bits per heavy atom. The van der Waals surface area contributed by atoms with Gasteiger partial charge < -0.3 is 15.8 Å². The van der Waals surface area contributed by atoms with Crippen molar-refractivity contribution in [2.45, 2.75) is 50.9 Å². The van der Waals surface area contributed by atoms with Crippen molar-refractivity contribution >= 4 is 30.7 Å². The Bertz CT molecular complexity index is 635. The van der Waals surface area contributed by atoms with Gasteiger partial charge in [0.05, 0.1) is 0 Å². The molecule has 0 saturated heterocycles. The molecule has 28 heavy (non-hydrogen) atoms. The van der Waals surface area contributed by atoms with E-state index in [0.29, 0.717) is 17.4 Å². The van der Waals surface area contributed by atoms with E-state index >= 15 is 0 Å². The lowest BCUT2D eigenvalue weighted by Gasteiger charge is -2.43. The second kappa shape index (κ2) is 10.5. The Balaban J connectivity index is 0.00000196. The number of rotatable bonds is 5. The number of hydrogen-bond acceptors (Lipinski definition) is 4. The molecule has 2 saturated carbocycles. The van der Waals surface area contributed by atoms with Crippen molar-refractivity contribution in [3.8, 4) is 5.88 Å². The summed E-state index contributed by atoms with van der Waals surface area (Å²) in [6.45, 7) is -1.15. The number of pyridine rings is 1. The lowest BCUT2D eigenvalue weighted by Crippen LogP contribution is -2.49. The fraction of sp³-hybridized carbons (Fsp3) is 0.667. The van der Waals surface area contributed by atoms with Crippen LogP contribution in [0.2, 0.25) is 0 Å². The van der Waals surface area contributed by atoms with Gasteiger partial charge in [0.2, 0.25) is 11.8 Å². The molecule has 1 aromatic rings. The molecule has 2 unspecified atom stereocenters. The Morgan fingerprint density at radius 3 is 2.50 bits per heavy atom. The van der Waals surface area contributed by atoms with Crippen LogP contribution in [-0.4, -0.2) is 29.7 Å². The van der Waals surface area contributed by atoms with Crippen LogP contribution in [-0.2, 0) is 11.3 Å². The number of carbonyl (C=O) groups excluding carboxylic acids is 1. The zero-order valence-corrected chi connectivity index (χ0v) is 16.9. The molecule has 3 N–H and O–H groups in total. The van der Waals surface area contributed by atoms with Crippen LogP contribution in [0.5, 0.6) is 5.88 Å². The molecule has 2 atom stereocenters. The van der Waals surface area contributed by atoms with Crippen LogP contribution in [0, 0.1) is 17.8 Å². The molecule has 0 aliphatic heterocycles. The van der Waals surface area contributed by atoms with E-state index in [9.17, 15) is 18.0 Å². The summed E-state index contributed by atoms with van der Waals surface area (Å²) in [5, 5.41) is 2.89. The Labute approximate surface area is 174 Å². The number of aromatic nitrogens is 1. The number of carbonyl (C=O) groups is 1. The maximum absolute atomic E-state index is 12.5. The first kappa shape index (κ1) is 24.8. The first-order valence-corrected chi connectivity index (χ1v) is 8.99. The van der Waals surface area contributed by atoms with E-state index in [4.69, 9.17) is 5.73 Å². The number of amides is 1. The van der Waals surface area contributed by atoms with Crippen molar-refractivity contribution in [3.05, 3.63) is 23.9 Å². The minimum Gasteiger partial charge on any atom is -0.468 e. The number of nitrogens with two attached hydrogens (primary N) is 1. The summed E-state index contributed by atoms with van der Waals surface area (Å²) in [4.78, 5) is 16.3. The number of halogens is 5. The van der Waals surface area contributed by atoms with Gasteiger partial charge >= 0.3 is 6.18 Å². The summed E-state index contributed by atoms with van der Waals surface area (Å²) in [5.41, 5.74) is 6.91. The third-order valence-electron chi connectivity index (χ3n) is 5.43. The van der Waals surface area contributed by atoms with Gasteiger partial charge in [0.1, 0.15) is 0 Å². The van der Waals surface area contributed by atoms with Gasteiger partial charge in [-0.25, -0.2) is 4.98 Å². The topological polar surface area (TPSA) is 77.2 Å². The average molecular weight is 444 g/mol. The molecule has 2 aliphatic carbocycles. The van der Waals surface area contributed by atoms with Crippen LogP contribution in [0.4, 0.5) is 13.2 Å². The first-order valence-electron chi connectivity index (χ1n) is 8.99. The van der Waals surface area contributed by atoms with Crippen LogP contribution >= 0.6 is 24.8 Å². The molecule has 0 radical (unpaired) electrons. The first-order chi connectivity index (χ1) is 12.3. The van der Waals surface area contributed by atoms with E-state index in [1.807, 2.05) is 0 Å². The Kier molecular flexibility index (Phi) is 9.30. The number of alkyl halides is 3. The fourth-order valence-corrected chi connectivity index (χ4v) is 4.13. The van der Waals surface area contributed by atoms with Crippen LogP contribution in [0.3, 0.4) is 0 Å². The predicted octanol–water partition coefficient (Wildman–Crippen LogP) is 3.64. The van der Waals surface area contributed by atoms with Gasteiger partial charge in [-0.2, -0.15) is 13.2 Å². The standard InChI is InChI=1S/C18H24F3N3O2.2ClH/c19-18(20,21)10-26-15-6-11(4-5-23-15)9-24-17(25)14-7-12-2-1-3-13(8-14)16(12)22;;/h4-6,12-14,16H,1-3,7-10,22H2,(H,24,25);2*1H. The van der Waals surface area contributed by atoms with Crippen molar-refractivity contribution in [2.24, 2.45) is 23.5 Å². The molecular formula is C18H26Cl2F3N3O2. The number of nitrogens with zero attached hydrogens (tertiary/aromatic N) is 1. The molecule has 3 rings (SSSR count). The summed E-state index contributed by atoms with van der Waals surface area (Å²) in [6.07, 6.45) is 1.97. The maximum atomic E-state index is 12.5. The fourth-order valence-electron chi connectivity index (χ4n) is 4.13. The van der Waals surface area contributed by atoms with E-state index < -0.39 is 12.8 Å². The predicted molar refractivity (Wildman–Crippen MR) is 104 cm³/mol. The Morgan fingerprint density at radius 2 is 1.89 bits per heavy atom. The van der Waals surface area contributed by atoms with Gasteiger partial charge in [0.25, 0.3) is 0 Å². The van der Waals surface area contributed by atoms with Gasteiger partial charge in [-0.05, 0) is 49.1 Å². The highest BCUT2D eigenvalue weighted by Crippen LogP contribution is 2.41. The monoisotopic (exact) mass is 443 g/mol. The van der Waals surface area contributed by atoms with E-state index in [1.54, 1.807) is 6.07 Å². The van der Waals surface area contributed by atoms with Gasteiger partial charge in [0, 0.05) is 30.8 Å². The third-order valence-corrected chi connectivity index (χ3v) is 5.43. The van der Waals surface area contributed by atoms with Crippen molar-refractivity contribution < 1.29 is 22.7 Å². The quantitative estimate of drug-likeness (QED) is 0.727. The van der Waals surface area contributed by atoms with E-state index in [1.165, 1.54) is 18.7 Å². The van der Waals surface area contributed by atoms with E-state index in [-0.39, 0.29) is 55.1 Å². The second-order valence-corrected chi connectivity index (χ2v) is 7.32. The Hall–Kier alpha value is -1.25. The molecule has 1 aromatic heterocycles. The van der Waals surface area contributed by atoms with Crippen LogP contribution < -0.4 is 15.8 Å². The van der Waals surface area contributed by atoms with E-state index in [2.05, 4.69) is 15.0 Å². The highest BCUT2D eigenvalue weighted by Gasteiger charge is 2.40. The van der Waals surface area contributed by atoms with Gasteiger partial charge in [-0.3, -0.25) is 4.79 Å². The molecule has 2 bridgehead atoms. The zero-order valence-electron chi connectivity index (χ0n) is 15.3. The summed E-state index contributed by atoms with van der Waals surface area (Å²) in [6, 6.07) is 3.27. The molecule has 1 heterocycles. The zero-order chi connectivity index (χ0) is 18.7. The molecule has 2 aliphatic rings. The molecule has 0 spiro atoms. The number of nitrogens with one attached hydrogen (secondary N) is 1. The summed E-state index contributed by atoms with van der Waals surface area (Å²) in [5.74, 6) is 0.687. The van der Waals surface area contributed by atoms with E-state index in [0.717, 1.165) is 25.7 Å². The van der Waals surface area contributed by atoms with Crippen molar-refractivity contribution in [3.63, 3.8) is 0 Å². The molecule has 10 heteroatoms. The number of ether oxygens (including phenoxy) is 1. The molecule has 2 fully saturated rings. The molecule has 1 amide bonds. The van der Waals surface area contributed by atoms with Crippen molar-refractivity contribution in [1.82, 2.24) is 10.3 Å². The van der Waals surface area contributed by atoms with Crippen LogP contribution in [0.25, 0.3) is 0 Å². The summed E-state index contributed by atoms with van der Waals surface area (Å²) in [7, 11) is 0. The van der Waals surface area contributed by atoms with Gasteiger partial charge in [-0.1, -0.05) is 6.42 Å².